The third kappa shape index (κ3) is 5.82. The second kappa shape index (κ2) is 10.1. The van der Waals surface area contributed by atoms with E-state index in [0.29, 0.717) is 5.56 Å². The van der Waals surface area contributed by atoms with Crippen molar-refractivity contribution in [2.24, 2.45) is 0 Å². The molecule has 0 bridgehead atoms. The molecule has 0 aliphatic heterocycles. The van der Waals surface area contributed by atoms with Crippen LogP contribution in [0.2, 0.25) is 5.02 Å². The summed E-state index contributed by atoms with van der Waals surface area (Å²) in [4.78, 5) is 12.7. The molecule has 0 spiro atoms. The van der Waals surface area contributed by atoms with Crippen molar-refractivity contribution in [3.63, 3.8) is 0 Å². The van der Waals surface area contributed by atoms with Crippen LogP contribution in [0.5, 0.6) is 5.75 Å². The highest BCUT2D eigenvalue weighted by Gasteiger charge is 2.29. The number of halogens is 3. The molecule has 168 valence electrons. The van der Waals surface area contributed by atoms with Crippen LogP contribution in [0.3, 0.4) is 0 Å². The van der Waals surface area contributed by atoms with Crippen LogP contribution in [0.4, 0.5) is 14.5 Å². The van der Waals surface area contributed by atoms with Crippen molar-refractivity contribution in [3.05, 3.63) is 89.0 Å². The molecule has 0 fully saturated rings. The standard InChI is InChI=1S/C22H19ClF2N2O4S/c1-31-20-10-7-15(23)12-21(20)32(29,30)27-19(11-14-5-3-2-4-6-14)22(28)26-18-13-16(24)8-9-17(18)25/h2-10,12-13,19,27H,11H2,1H3,(H,26,28). The van der Waals surface area contributed by atoms with Gasteiger partial charge in [0.15, 0.2) is 0 Å². The molecule has 32 heavy (non-hydrogen) atoms. The topological polar surface area (TPSA) is 84.5 Å². The van der Waals surface area contributed by atoms with E-state index in [1.165, 1.54) is 25.3 Å². The number of methoxy groups -OCH3 is 1. The number of benzene rings is 3. The Morgan fingerprint density at radius 1 is 1.06 bits per heavy atom. The van der Waals surface area contributed by atoms with E-state index in [1.807, 2.05) is 0 Å². The van der Waals surface area contributed by atoms with Crippen LogP contribution in [0.1, 0.15) is 5.56 Å². The first-order valence-corrected chi connectivity index (χ1v) is 11.2. The van der Waals surface area contributed by atoms with Gasteiger partial charge in [-0.3, -0.25) is 4.79 Å². The van der Waals surface area contributed by atoms with Crippen molar-refractivity contribution in [1.82, 2.24) is 4.72 Å². The number of hydrogen-bond acceptors (Lipinski definition) is 4. The minimum atomic E-state index is -4.29. The highest BCUT2D eigenvalue weighted by Crippen LogP contribution is 2.27. The van der Waals surface area contributed by atoms with E-state index in [4.69, 9.17) is 16.3 Å². The number of amides is 1. The van der Waals surface area contributed by atoms with Crippen LogP contribution in [-0.2, 0) is 21.2 Å². The maximum Gasteiger partial charge on any atom is 0.245 e. The zero-order chi connectivity index (χ0) is 23.3. The predicted molar refractivity (Wildman–Crippen MR) is 117 cm³/mol. The monoisotopic (exact) mass is 480 g/mol. The van der Waals surface area contributed by atoms with Gasteiger partial charge in [-0.25, -0.2) is 17.2 Å². The summed E-state index contributed by atoms with van der Waals surface area (Å²) in [6.07, 6.45) is -0.0499. The molecule has 2 N–H and O–H groups in total. The summed E-state index contributed by atoms with van der Waals surface area (Å²) >= 11 is 5.94. The Balaban J connectivity index is 1.95. The highest BCUT2D eigenvalue weighted by atomic mass is 35.5. The largest absolute Gasteiger partial charge is 0.495 e. The Morgan fingerprint density at radius 3 is 2.47 bits per heavy atom. The second-order valence-electron chi connectivity index (χ2n) is 6.77. The van der Waals surface area contributed by atoms with Gasteiger partial charge in [0.1, 0.15) is 28.3 Å². The van der Waals surface area contributed by atoms with Crippen molar-refractivity contribution in [2.75, 3.05) is 12.4 Å². The molecule has 3 aromatic carbocycles. The predicted octanol–water partition coefficient (Wildman–Crippen LogP) is 4.16. The molecule has 1 unspecified atom stereocenters. The Morgan fingerprint density at radius 2 is 1.78 bits per heavy atom. The first kappa shape index (κ1) is 23.6. The fourth-order valence-electron chi connectivity index (χ4n) is 2.96. The van der Waals surface area contributed by atoms with Crippen molar-refractivity contribution in [2.45, 2.75) is 17.4 Å². The Labute approximate surface area is 189 Å². The van der Waals surface area contributed by atoms with E-state index in [0.717, 1.165) is 18.2 Å². The van der Waals surface area contributed by atoms with Crippen LogP contribution in [0.15, 0.2) is 71.6 Å². The summed E-state index contributed by atoms with van der Waals surface area (Å²) in [5, 5.41) is 2.40. The van der Waals surface area contributed by atoms with Gasteiger partial charge in [0.25, 0.3) is 0 Å². The van der Waals surface area contributed by atoms with Gasteiger partial charge in [-0.05, 0) is 42.3 Å². The van der Waals surface area contributed by atoms with Crippen LogP contribution in [-0.4, -0.2) is 27.5 Å². The van der Waals surface area contributed by atoms with Gasteiger partial charge in [-0.1, -0.05) is 41.9 Å². The molecule has 10 heteroatoms. The SMILES string of the molecule is COc1ccc(Cl)cc1S(=O)(=O)NC(Cc1ccccc1)C(=O)Nc1cc(F)ccc1F. The highest BCUT2D eigenvalue weighted by molar-refractivity contribution is 7.89. The van der Waals surface area contributed by atoms with Gasteiger partial charge >= 0.3 is 0 Å². The molecule has 0 aliphatic rings. The molecule has 6 nitrogen and oxygen atoms in total. The molecule has 3 rings (SSSR count). The molecule has 3 aromatic rings. The zero-order valence-electron chi connectivity index (χ0n) is 16.8. The molecular weight excluding hydrogens is 462 g/mol. The third-order valence-electron chi connectivity index (χ3n) is 4.50. The van der Waals surface area contributed by atoms with Crippen molar-refractivity contribution < 1.29 is 26.7 Å². The molecule has 0 heterocycles. The lowest BCUT2D eigenvalue weighted by atomic mass is 10.1. The van der Waals surface area contributed by atoms with Crippen LogP contribution < -0.4 is 14.8 Å². The van der Waals surface area contributed by atoms with Crippen molar-refractivity contribution in [1.29, 1.82) is 0 Å². The Hall–Kier alpha value is -3.01. The number of carbonyl (C=O) groups is 1. The van der Waals surface area contributed by atoms with Crippen LogP contribution >= 0.6 is 11.6 Å². The number of anilines is 1. The van der Waals surface area contributed by atoms with E-state index >= 15 is 0 Å². The summed E-state index contributed by atoms with van der Waals surface area (Å²) in [6.45, 7) is 0. The molecule has 0 aliphatic carbocycles. The lowest BCUT2D eigenvalue weighted by molar-refractivity contribution is -0.117. The van der Waals surface area contributed by atoms with E-state index in [-0.39, 0.29) is 22.1 Å². The normalized spacial score (nSPS) is 12.2. The second-order valence-corrected chi connectivity index (χ2v) is 8.89. The summed E-state index contributed by atoms with van der Waals surface area (Å²) in [7, 11) is -2.99. The Bertz CT molecular complexity index is 1220. The first-order valence-electron chi connectivity index (χ1n) is 9.35. The molecule has 0 saturated heterocycles. The maximum absolute atomic E-state index is 14.0. The fraction of sp³-hybridized carbons (Fsp3) is 0.136. The van der Waals surface area contributed by atoms with Gasteiger partial charge < -0.3 is 10.1 Å². The average Bonchev–Trinajstić information content (AvgIpc) is 2.76. The molecule has 0 aromatic heterocycles. The summed E-state index contributed by atoms with van der Waals surface area (Å²) in [6, 6.07) is 13.9. The van der Waals surface area contributed by atoms with E-state index in [1.54, 1.807) is 30.3 Å². The molecule has 1 atom stereocenters. The minimum absolute atomic E-state index is 0.0249. The molecule has 0 saturated carbocycles. The number of nitrogens with one attached hydrogen (secondary N) is 2. The van der Waals surface area contributed by atoms with Gasteiger partial charge in [0.05, 0.1) is 12.8 Å². The fourth-order valence-corrected chi connectivity index (χ4v) is 4.59. The van der Waals surface area contributed by atoms with Crippen molar-refractivity contribution >= 4 is 33.2 Å². The van der Waals surface area contributed by atoms with E-state index in [9.17, 15) is 22.0 Å². The van der Waals surface area contributed by atoms with Crippen molar-refractivity contribution in [3.8, 4) is 5.75 Å². The molecular formula is C22H19ClF2N2O4S. The minimum Gasteiger partial charge on any atom is -0.495 e. The summed E-state index contributed by atoms with van der Waals surface area (Å²) in [5.41, 5.74) is 0.237. The van der Waals surface area contributed by atoms with Gasteiger partial charge in [-0.2, -0.15) is 4.72 Å². The van der Waals surface area contributed by atoms with Gasteiger partial charge in [0.2, 0.25) is 15.9 Å². The Kier molecular flexibility index (Phi) is 7.44. The molecule has 0 radical (unpaired) electrons. The van der Waals surface area contributed by atoms with E-state index < -0.39 is 39.3 Å². The summed E-state index contributed by atoms with van der Waals surface area (Å²) < 4.78 is 61.1. The smallest absolute Gasteiger partial charge is 0.245 e. The van der Waals surface area contributed by atoms with Gasteiger partial charge in [-0.15, -0.1) is 0 Å². The number of rotatable bonds is 8. The maximum atomic E-state index is 14.0. The average molecular weight is 481 g/mol. The molecule has 1 amide bonds. The number of hydrogen-bond donors (Lipinski definition) is 2. The first-order chi connectivity index (χ1) is 15.2. The van der Waals surface area contributed by atoms with Gasteiger partial charge in [0, 0.05) is 11.1 Å². The summed E-state index contributed by atoms with van der Waals surface area (Å²) in [5.74, 6) is -2.47. The van der Waals surface area contributed by atoms with Crippen LogP contribution in [0, 0.1) is 11.6 Å². The number of ether oxygens (including phenoxy) is 1. The zero-order valence-corrected chi connectivity index (χ0v) is 18.4. The van der Waals surface area contributed by atoms with E-state index in [2.05, 4.69) is 10.0 Å². The lowest BCUT2D eigenvalue weighted by Crippen LogP contribution is -2.45. The number of carbonyl (C=O) groups excluding carboxylic acids is 1. The third-order valence-corrected chi connectivity index (χ3v) is 6.23. The van der Waals surface area contributed by atoms with Crippen LogP contribution in [0.25, 0.3) is 0 Å². The number of sulfonamides is 1. The quantitative estimate of drug-likeness (QED) is 0.507. The lowest BCUT2D eigenvalue weighted by Gasteiger charge is -2.20.